The zero-order valence-electron chi connectivity index (χ0n) is 11.0. The SMILES string of the molecule is CCNCc1cccc(C)c1OCC(C)CO. The van der Waals surface area contributed by atoms with Gasteiger partial charge in [-0.3, -0.25) is 0 Å². The van der Waals surface area contributed by atoms with Crippen molar-refractivity contribution in [2.24, 2.45) is 5.92 Å². The molecule has 1 unspecified atom stereocenters. The standard InChI is InChI=1S/C14H23NO2/c1-4-15-8-13-7-5-6-12(3)14(13)17-10-11(2)9-16/h5-7,11,15-16H,4,8-10H2,1-3H3. The van der Waals surface area contributed by atoms with Crippen molar-refractivity contribution < 1.29 is 9.84 Å². The number of para-hydroxylation sites is 1. The van der Waals surface area contributed by atoms with E-state index < -0.39 is 0 Å². The number of aliphatic hydroxyl groups excluding tert-OH is 1. The molecule has 0 spiro atoms. The first-order valence-electron chi connectivity index (χ1n) is 6.21. The molecule has 96 valence electrons. The molecule has 1 aromatic rings. The fraction of sp³-hybridized carbons (Fsp3) is 0.571. The van der Waals surface area contributed by atoms with Crippen LogP contribution in [0.15, 0.2) is 18.2 Å². The predicted octanol–water partition coefficient (Wildman–Crippen LogP) is 2.11. The third kappa shape index (κ3) is 4.36. The Morgan fingerprint density at radius 3 is 2.82 bits per heavy atom. The summed E-state index contributed by atoms with van der Waals surface area (Å²) in [6.07, 6.45) is 0. The van der Waals surface area contributed by atoms with Crippen LogP contribution in [0.5, 0.6) is 5.75 Å². The second kappa shape index (κ2) is 7.30. The average Bonchev–Trinajstić information content (AvgIpc) is 2.34. The minimum Gasteiger partial charge on any atom is -0.493 e. The summed E-state index contributed by atoms with van der Waals surface area (Å²) in [5.74, 6) is 1.12. The number of hydrogen-bond acceptors (Lipinski definition) is 3. The van der Waals surface area contributed by atoms with Crippen LogP contribution in [-0.2, 0) is 6.54 Å². The van der Waals surface area contributed by atoms with E-state index >= 15 is 0 Å². The first kappa shape index (κ1) is 14.0. The molecule has 1 atom stereocenters. The van der Waals surface area contributed by atoms with Crippen molar-refractivity contribution >= 4 is 0 Å². The van der Waals surface area contributed by atoms with Gasteiger partial charge >= 0.3 is 0 Å². The number of rotatable bonds is 7. The minimum absolute atomic E-state index is 0.161. The Kier molecular flexibility index (Phi) is 6.01. The van der Waals surface area contributed by atoms with E-state index in [0.717, 1.165) is 24.4 Å². The Balaban J connectivity index is 2.72. The number of benzene rings is 1. The summed E-state index contributed by atoms with van der Waals surface area (Å²) in [4.78, 5) is 0. The van der Waals surface area contributed by atoms with E-state index in [1.807, 2.05) is 26.0 Å². The first-order valence-corrected chi connectivity index (χ1v) is 6.21. The van der Waals surface area contributed by atoms with Crippen molar-refractivity contribution in [1.29, 1.82) is 0 Å². The molecule has 0 aromatic heterocycles. The van der Waals surface area contributed by atoms with Gasteiger partial charge in [-0.25, -0.2) is 0 Å². The van der Waals surface area contributed by atoms with E-state index in [2.05, 4.69) is 18.3 Å². The molecular weight excluding hydrogens is 214 g/mol. The molecule has 0 aliphatic rings. The maximum atomic E-state index is 9.00. The first-order chi connectivity index (χ1) is 8.19. The van der Waals surface area contributed by atoms with Crippen LogP contribution in [0, 0.1) is 12.8 Å². The van der Waals surface area contributed by atoms with E-state index in [-0.39, 0.29) is 12.5 Å². The summed E-state index contributed by atoms with van der Waals surface area (Å²) in [7, 11) is 0. The summed E-state index contributed by atoms with van der Waals surface area (Å²) in [5, 5.41) is 12.3. The van der Waals surface area contributed by atoms with Gasteiger partial charge in [0.25, 0.3) is 0 Å². The molecule has 0 aliphatic heterocycles. The van der Waals surface area contributed by atoms with E-state index in [0.29, 0.717) is 6.61 Å². The van der Waals surface area contributed by atoms with Gasteiger partial charge in [-0.2, -0.15) is 0 Å². The quantitative estimate of drug-likeness (QED) is 0.763. The lowest BCUT2D eigenvalue weighted by molar-refractivity contribution is 0.173. The molecule has 0 saturated carbocycles. The minimum atomic E-state index is 0.161. The molecule has 0 heterocycles. The van der Waals surface area contributed by atoms with Crippen LogP contribution < -0.4 is 10.1 Å². The third-order valence-electron chi connectivity index (χ3n) is 2.68. The molecule has 0 saturated heterocycles. The van der Waals surface area contributed by atoms with Gasteiger partial charge in [-0.15, -0.1) is 0 Å². The van der Waals surface area contributed by atoms with E-state index in [1.165, 1.54) is 5.56 Å². The van der Waals surface area contributed by atoms with Gasteiger partial charge in [0, 0.05) is 24.6 Å². The second-order valence-electron chi connectivity index (χ2n) is 4.44. The van der Waals surface area contributed by atoms with Crippen LogP contribution >= 0.6 is 0 Å². The Hall–Kier alpha value is -1.06. The largest absolute Gasteiger partial charge is 0.493 e. The van der Waals surface area contributed by atoms with Gasteiger partial charge in [0.15, 0.2) is 0 Å². The Morgan fingerprint density at radius 1 is 1.41 bits per heavy atom. The summed E-state index contributed by atoms with van der Waals surface area (Å²) in [6.45, 7) is 8.59. The van der Waals surface area contributed by atoms with Gasteiger partial charge in [0.2, 0.25) is 0 Å². The van der Waals surface area contributed by atoms with Crippen molar-refractivity contribution in [3.8, 4) is 5.75 Å². The highest BCUT2D eigenvalue weighted by Gasteiger charge is 2.08. The summed E-state index contributed by atoms with van der Waals surface area (Å²) in [5.41, 5.74) is 2.32. The highest BCUT2D eigenvalue weighted by atomic mass is 16.5. The molecule has 0 aliphatic carbocycles. The summed E-state index contributed by atoms with van der Waals surface area (Å²) >= 11 is 0. The van der Waals surface area contributed by atoms with Gasteiger partial charge < -0.3 is 15.2 Å². The zero-order valence-corrected chi connectivity index (χ0v) is 11.0. The molecular formula is C14H23NO2. The highest BCUT2D eigenvalue weighted by Crippen LogP contribution is 2.23. The van der Waals surface area contributed by atoms with Gasteiger partial charge in [-0.1, -0.05) is 32.0 Å². The smallest absolute Gasteiger partial charge is 0.126 e. The van der Waals surface area contributed by atoms with Crippen molar-refractivity contribution in [3.63, 3.8) is 0 Å². The molecule has 1 aromatic carbocycles. The lowest BCUT2D eigenvalue weighted by atomic mass is 10.1. The normalized spacial score (nSPS) is 12.5. The van der Waals surface area contributed by atoms with Crippen LogP contribution in [-0.4, -0.2) is 24.9 Å². The molecule has 0 bridgehead atoms. The lowest BCUT2D eigenvalue weighted by Gasteiger charge is -2.16. The van der Waals surface area contributed by atoms with Crippen molar-refractivity contribution in [2.45, 2.75) is 27.3 Å². The zero-order chi connectivity index (χ0) is 12.7. The van der Waals surface area contributed by atoms with Crippen LogP contribution in [0.3, 0.4) is 0 Å². The highest BCUT2D eigenvalue weighted by molar-refractivity contribution is 5.40. The molecule has 0 radical (unpaired) electrons. The van der Waals surface area contributed by atoms with E-state index in [4.69, 9.17) is 9.84 Å². The number of aliphatic hydroxyl groups is 1. The molecule has 3 nitrogen and oxygen atoms in total. The van der Waals surface area contributed by atoms with E-state index in [9.17, 15) is 0 Å². The van der Waals surface area contributed by atoms with Crippen LogP contribution in [0.1, 0.15) is 25.0 Å². The van der Waals surface area contributed by atoms with Crippen molar-refractivity contribution in [3.05, 3.63) is 29.3 Å². The maximum Gasteiger partial charge on any atom is 0.126 e. The number of aryl methyl sites for hydroxylation is 1. The molecule has 3 heteroatoms. The monoisotopic (exact) mass is 237 g/mol. The van der Waals surface area contributed by atoms with Crippen molar-refractivity contribution in [2.75, 3.05) is 19.8 Å². The fourth-order valence-electron chi connectivity index (χ4n) is 1.60. The fourth-order valence-corrected chi connectivity index (χ4v) is 1.60. The molecule has 1 rings (SSSR count). The van der Waals surface area contributed by atoms with Crippen LogP contribution in [0.4, 0.5) is 0 Å². The average molecular weight is 237 g/mol. The Morgan fingerprint density at radius 2 is 2.18 bits per heavy atom. The van der Waals surface area contributed by atoms with Gasteiger partial charge in [0.05, 0.1) is 6.61 Å². The summed E-state index contributed by atoms with van der Waals surface area (Å²) in [6, 6.07) is 6.17. The topological polar surface area (TPSA) is 41.5 Å². The predicted molar refractivity (Wildman–Crippen MR) is 70.3 cm³/mol. The Labute approximate surface area is 104 Å². The molecule has 17 heavy (non-hydrogen) atoms. The van der Waals surface area contributed by atoms with E-state index in [1.54, 1.807) is 0 Å². The molecule has 0 fully saturated rings. The third-order valence-corrected chi connectivity index (χ3v) is 2.68. The van der Waals surface area contributed by atoms with Crippen LogP contribution in [0.2, 0.25) is 0 Å². The second-order valence-corrected chi connectivity index (χ2v) is 4.44. The molecule has 0 amide bonds. The van der Waals surface area contributed by atoms with Gasteiger partial charge in [0.1, 0.15) is 5.75 Å². The number of hydrogen-bond donors (Lipinski definition) is 2. The lowest BCUT2D eigenvalue weighted by Crippen LogP contribution is -2.16. The van der Waals surface area contributed by atoms with Gasteiger partial charge in [-0.05, 0) is 19.0 Å². The van der Waals surface area contributed by atoms with Crippen molar-refractivity contribution in [1.82, 2.24) is 5.32 Å². The maximum absolute atomic E-state index is 9.00. The molecule has 2 N–H and O–H groups in total. The summed E-state index contributed by atoms with van der Waals surface area (Å²) < 4.78 is 5.82. The number of ether oxygens (including phenoxy) is 1. The van der Waals surface area contributed by atoms with Crippen LogP contribution in [0.25, 0.3) is 0 Å². The number of nitrogens with one attached hydrogen (secondary N) is 1. The Bertz CT molecular complexity index is 339.